The molecule has 1 aromatic rings. The standard InChI is InChI=1S/C13H17FO4/c1-7-6-10(14)12(18-4)11(17-3)9(7)5-8(2)13(15)16/h6,8H,5H2,1-4H3,(H,15,16). The molecule has 5 heteroatoms. The number of carboxylic acids is 1. The van der Waals surface area contributed by atoms with Crippen molar-refractivity contribution in [3.8, 4) is 11.5 Å². The van der Waals surface area contributed by atoms with E-state index in [0.717, 1.165) is 0 Å². The van der Waals surface area contributed by atoms with E-state index in [1.807, 2.05) is 0 Å². The van der Waals surface area contributed by atoms with Crippen LogP contribution in [0.4, 0.5) is 4.39 Å². The Labute approximate surface area is 105 Å². The lowest BCUT2D eigenvalue weighted by molar-refractivity contribution is -0.141. The molecule has 1 aromatic carbocycles. The Morgan fingerprint density at radius 2 is 1.94 bits per heavy atom. The Balaban J connectivity index is 3.29. The zero-order chi connectivity index (χ0) is 13.9. The average Bonchev–Trinajstić information content (AvgIpc) is 2.31. The number of ether oxygens (including phenoxy) is 2. The lowest BCUT2D eigenvalue weighted by atomic mass is 9.96. The Kier molecular flexibility index (Phi) is 4.53. The zero-order valence-electron chi connectivity index (χ0n) is 10.9. The number of hydrogen-bond acceptors (Lipinski definition) is 3. The first-order chi connectivity index (χ1) is 8.42. The molecule has 0 aliphatic carbocycles. The molecule has 4 nitrogen and oxygen atoms in total. The van der Waals surface area contributed by atoms with Gasteiger partial charge < -0.3 is 14.6 Å². The van der Waals surface area contributed by atoms with E-state index in [2.05, 4.69) is 0 Å². The minimum atomic E-state index is -0.903. The van der Waals surface area contributed by atoms with Gasteiger partial charge in [-0.05, 0) is 25.0 Å². The van der Waals surface area contributed by atoms with E-state index >= 15 is 0 Å². The SMILES string of the molecule is COc1c(F)cc(C)c(CC(C)C(=O)O)c1OC. The number of aryl methyl sites for hydroxylation is 1. The fraction of sp³-hybridized carbons (Fsp3) is 0.462. The Morgan fingerprint density at radius 1 is 1.39 bits per heavy atom. The molecule has 0 spiro atoms. The van der Waals surface area contributed by atoms with Gasteiger partial charge in [0.15, 0.2) is 17.3 Å². The number of carboxylic acid groups (broad SMARTS) is 1. The van der Waals surface area contributed by atoms with E-state index in [1.54, 1.807) is 13.8 Å². The summed E-state index contributed by atoms with van der Waals surface area (Å²) in [6.45, 7) is 3.31. The maximum absolute atomic E-state index is 13.7. The molecule has 0 saturated carbocycles. The number of hydrogen-bond donors (Lipinski definition) is 1. The van der Waals surface area contributed by atoms with Gasteiger partial charge in [0.2, 0.25) is 0 Å². The summed E-state index contributed by atoms with van der Waals surface area (Å²) in [4.78, 5) is 10.9. The predicted octanol–water partition coefficient (Wildman–Crippen LogP) is 2.41. The van der Waals surface area contributed by atoms with Gasteiger partial charge in [0.1, 0.15) is 0 Å². The molecule has 18 heavy (non-hydrogen) atoms. The molecular weight excluding hydrogens is 239 g/mol. The van der Waals surface area contributed by atoms with Crippen molar-refractivity contribution < 1.29 is 23.8 Å². The van der Waals surface area contributed by atoms with E-state index < -0.39 is 17.7 Å². The third kappa shape index (κ3) is 2.72. The lowest BCUT2D eigenvalue weighted by Gasteiger charge is -2.17. The van der Waals surface area contributed by atoms with Crippen LogP contribution in [-0.2, 0) is 11.2 Å². The van der Waals surface area contributed by atoms with Gasteiger partial charge in [0.05, 0.1) is 20.1 Å². The van der Waals surface area contributed by atoms with Crippen molar-refractivity contribution in [3.63, 3.8) is 0 Å². The topological polar surface area (TPSA) is 55.8 Å². The van der Waals surface area contributed by atoms with Gasteiger partial charge in [-0.3, -0.25) is 4.79 Å². The number of halogens is 1. The first-order valence-electron chi connectivity index (χ1n) is 5.55. The lowest BCUT2D eigenvalue weighted by Crippen LogP contribution is -2.14. The molecule has 0 heterocycles. The molecule has 0 amide bonds. The van der Waals surface area contributed by atoms with Crippen molar-refractivity contribution >= 4 is 5.97 Å². The third-order valence-corrected chi connectivity index (χ3v) is 2.86. The second-order valence-electron chi connectivity index (χ2n) is 4.16. The molecule has 1 unspecified atom stereocenters. The maximum atomic E-state index is 13.7. The highest BCUT2D eigenvalue weighted by Crippen LogP contribution is 2.37. The second kappa shape index (κ2) is 5.71. The Morgan fingerprint density at radius 3 is 2.39 bits per heavy atom. The minimum absolute atomic E-state index is 0.00990. The summed E-state index contributed by atoms with van der Waals surface area (Å²) in [7, 11) is 2.76. The summed E-state index contributed by atoms with van der Waals surface area (Å²) >= 11 is 0. The summed E-state index contributed by atoms with van der Waals surface area (Å²) in [5.41, 5.74) is 1.31. The van der Waals surface area contributed by atoms with Crippen molar-refractivity contribution in [3.05, 3.63) is 23.0 Å². The van der Waals surface area contributed by atoms with Gasteiger partial charge in [-0.1, -0.05) is 6.92 Å². The summed E-state index contributed by atoms with van der Waals surface area (Å²) in [6.07, 6.45) is 0.265. The maximum Gasteiger partial charge on any atom is 0.306 e. The zero-order valence-corrected chi connectivity index (χ0v) is 10.9. The first kappa shape index (κ1) is 14.3. The van der Waals surface area contributed by atoms with Crippen molar-refractivity contribution in [2.45, 2.75) is 20.3 Å². The molecule has 0 fully saturated rings. The normalized spacial score (nSPS) is 12.1. The van der Waals surface area contributed by atoms with E-state index in [-0.39, 0.29) is 17.9 Å². The molecule has 0 aromatic heterocycles. The quantitative estimate of drug-likeness (QED) is 0.879. The van der Waals surface area contributed by atoms with Gasteiger partial charge in [-0.2, -0.15) is 0 Å². The molecule has 1 atom stereocenters. The van der Waals surface area contributed by atoms with Crippen LogP contribution in [0.1, 0.15) is 18.1 Å². The number of methoxy groups -OCH3 is 2. The molecule has 100 valence electrons. The highest BCUT2D eigenvalue weighted by molar-refractivity contribution is 5.70. The minimum Gasteiger partial charge on any atom is -0.492 e. The van der Waals surface area contributed by atoms with Gasteiger partial charge in [-0.25, -0.2) is 4.39 Å². The number of aliphatic carboxylic acids is 1. The second-order valence-corrected chi connectivity index (χ2v) is 4.16. The summed E-state index contributed by atoms with van der Waals surface area (Å²) in [6, 6.07) is 1.32. The Bertz CT molecular complexity index is 457. The van der Waals surface area contributed by atoms with Crippen molar-refractivity contribution in [1.29, 1.82) is 0 Å². The van der Waals surface area contributed by atoms with E-state index in [0.29, 0.717) is 11.1 Å². The average molecular weight is 256 g/mol. The highest BCUT2D eigenvalue weighted by Gasteiger charge is 2.22. The van der Waals surface area contributed by atoms with Crippen LogP contribution in [0.5, 0.6) is 11.5 Å². The third-order valence-electron chi connectivity index (χ3n) is 2.86. The molecule has 0 saturated heterocycles. The fourth-order valence-electron chi connectivity index (χ4n) is 1.82. The number of benzene rings is 1. The first-order valence-corrected chi connectivity index (χ1v) is 5.55. The summed E-state index contributed by atoms with van der Waals surface area (Å²) < 4.78 is 23.8. The van der Waals surface area contributed by atoms with Crippen LogP contribution in [0.2, 0.25) is 0 Å². The number of rotatable bonds is 5. The number of carbonyl (C=O) groups is 1. The smallest absolute Gasteiger partial charge is 0.306 e. The van der Waals surface area contributed by atoms with Crippen molar-refractivity contribution in [1.82, 2.24) is 0 Å². The predicted molar refractivity (Wildman–Crippen MR) is 64.7 cm³/mol. The summed E-state index contributed by atoms with van der Waals surface area (Å²) in [5, 5.41) is 8.93. The molecule has 1 N–H and O–H groups in total. The molecular formula is C13H17FO4. The van der Waals surface area contributed by atoms with Crippen LogP contribution in [0, 0.1) is 18.7 Å². The van der Waals surface area contributed by atoms with Crippen LogP contribution in [0.25, 0.3) is 0 Å². The van der Waals surface area contributed by atoms with Crippen LogP contribution in [0.3, 0.4) is 0 Å². The summed E-state index contributed by atoms with van der Waals surface area (Å²) in [5.74, 6) is -1.72. The monoisotopic (exact) mass is 256 g/mol. The van der Waals surface area contributed by atoms with E-state index in [1.165, 1.54) is 20.3 Å². The molecule has 1 rings (SSSR count). The fourth-order valence-corrected chi connectivity index (χ4v) is 1.82. The van der Waals surface area contributed by atoms with Crippen molar-refractivity contribution in [2.24, 2.45) is 5.92 Å². The van der Waals surface area contributed by atoms with Gasteiger partial charge in [0, 0.05) is 5.56 Å². The molecule has 0 aliphatic heterocycles. The molecule has 0 radical (unpaired) electrons. The van der Waals surface area contributed by atoms with Crippen LogP contribution < -0.4 is 9.47 Å². The largest absolute Gasteiger partial charge is 0.492 e. The van der Waals surface area contributed by atoms with E-state index in [9.17, 15) is 9.18 Å². The van der Waals surface area contributed by atoms with Crippen LogP contribution in [-0.4, -0.2) is 25.3 Å². The molecule has 0 bridgehead atoms. The Hall–Kier alpha value is -1.78. The van der Waals surface area contributed by atoms with E-state index in [4.69, 9.17) is 14.6 Å². The van der Waals surface area contributed by atoms with Gasteiger partial charge in [-0.15, -0.1) is 0 Å². The molecule has 0 aliphatic rings. The van der Waals surface area contributed by atoms with Gasteiger partial charge in [0.25, 0.3) is 0 Å². The van der Waals surface area contributed by atoms with Crippen LogP contribution in [0.15, 0.2) is 6.07 Å². The van der Waals surface area contributed by atoms with Crippen LogP contribution >= 0.6 is 0 Å². The van der Waals surface area contributed by atoms with Gasteiger partial charge >= 0.3 is 5.97 Å². The highest BCUT2D eigenvalue weighted by atomic mass is 19.1. The van der Waals surface area contributed by atoms with Crippen molar-refractivity contribution in [2.75, 3.05) is 14.2 Å².